The molecule has 101 heavy (non-hydrogen) atoms. The number of nitrogens with zero attached hydrogens (tertiary/aromatic N) is 1. The smallest absolute Gasteiger partial charge is 0.306 e. The van der Waals surface area contributed by atoms with Gasteiger partial charge in [-0.2, -0.15) is 0 Å². The SMILES string of the molecule is CC/C=C\C/C=C\C/C=C\C/C=C\C/C=C\C/C=C\C/C=C\CCCCCCCCCCCCCCCCCCCC(=O)OC(COC(=O)CCCCCCCCCCCCCCCCCCCC/C=C\C/C=C\C/C=C\C/C=C\C/C=C\C/C=C\CC)COC(OCC[N+](C)(C)C)C(=O)[O-]. The Labute approximate surface area is 623 Å². The molecule has 0 saturated heterocycles. The molecule has 2 unspecified atom stereocenters. The summed E-state index contributed by atoms with van der Waals surface area (Å²) in [6, 6.07) is 0. The molecule has 9 nitrogen and oxygen atoms in total. The number of hydrogen-bond donors (Lipinski definition) is 0. The van der Waals surface area contributed by atoms with Crippen LogP contribution in [0, 0.1) is 0 Å². The molecular weight excluding hydrogens is 1250 g/mol. The van der Waals surface area contributed by atoms with Gasteiger partial charge < -0.3 is 33.3 Å². The molecule has 0 heterocycles. The first-order chi connectivity index (χ1) is 49.6. The van der Waals surface area contributed by atoms with E-state index in [1.165, 1.54) is 193 Å². The number of carbonyl (C=O) groups is 3. The van der Waals surface area contributed by atoms with Crippen molar-refractivity contribution in [3.63, 3.8) is 0 Å². The van der Waals surface area contributed by atoms with E-state index < -0.39 is 24.3 Å². The lowest BCUT2D eigenvalue weighted by Gasteiger charge is -2.26. The number of likely N-dealkylation sites (N-methyl/N-ethyl adjacent to an activating group) is 1. The second-order valence-electron chi connectivity index (χ2n) is 28.7. The van der Waals surface area contributed by atoms with Gasteiger partial charge in [-0.05, 0) is 122 Å². The molecule has 0 amide bonds. The molecule has 2 atom stereocenters. The molecule has 0 spiro atoms. The number of carboxylic acid groups (broad SMARTS) is 1. The van der Waals surface area contributed by atoms with E-state index in [2.05, 4.69) is 172 Å². The number of carboxylic acids is 1. The quantitative estimate of drug-likeness (QED) is 0.0195. The van der Waals surface area contributed by atoms with E-state index in [0.717, 1.165) is 122 Å². The van der Waals surface area contributed by atoms with Crippen LogP contribution in [-0.2, 0) is 33.3 Å². The highest BCUT2D eigenvalue weighted by molar-refractivity contribution is 5.70. The number of carbonyl (C=O) groups excluding carboxylic acids is 3. The number of rotatable bonds is 76. The fourth-order valence-corrected chi connectivity index (χ4v) is 11.5. The lowest BCUT2D eigenvalue weighted by Crippen LogP contribution is -2.44. The highest BCUT2D eigenvalue weighted by atomic mass is 16.7. The molecule has 0 aromatic carbocycles. The summed E-state index contributed by atoms with van der Waals surface area (Å²) < 4.78 is 22.9. The molecule has 0 N–H and O–H groups in total. The Balaban J connectivity index is 4.02. The normalized spacial score (nSPS) is 13.5. The lowest BCUT2D eigenvalue weighted by molar-refractivity contribution is -0.870. The second kappa shape index (κ2) is 80.6. The van der Waals surface area contributed by atoms with Crippen molar-refractivity contribution >= 4 is 17.9 Å². The van der Waals surface area contributed by atoms with Crippen molar-refractivity contribution in [2.45, 2.75) is 360 Å². The third-order valence-corrected chi connectivity index (χ3v) is 17.8. The van der Waals surface area contributed by atoms with E-state index in [-0.39, 0.29) is 38.6 Å². The standard InChI is InChI=1S/C92H155NO8/c1-6-8-10-12-14-16-18-20-22-24-26-28-30-32-34-36-38-40-42-44-45-47-49-51-53-55-57-59-61-63-65-67-69-71-73-75-77-79-81-83-90(95)101-88(87-100-92(91(96)97)98-85-84-93(3,4)5)86-99-89(94)82-80-78-76-74-72-70-68-66-64-62-60-58-56-54-52-50-48-46-43-41-39-37-35-33-31-29-27-25-23-21-19-17-15-13-11-9-7-2/h8-11,14-17,20-23,26-29,32-35,38-41,44-45,88,92H,6-7,12-13,18-19,24-25,30-31,36-37,42-43,46-87H2,1-5H3/b10-8-,11-9-,16-14-,17-15-,22-20-,23-21-,28-26-,29-27-,34-32-,35-33-,40-38-,41-39-,45-44-. The molecule has 0 aliphatic heterocycles. The first kappa shape index (κ1) is 95.9. The highest BCUT2D eigenvalue weighted by Gasteiger charge is 2.22. The van der Waals surface area contributed by atoms with Gasteiger partial charge in [0.15, 0.2) is 12.4 Å². The van der Waals surface area contributed by atoms with Gasteiger partial charge in [-0.25, -0.2) is 0 Å². The average Bonchev–Trinajstić information content (AvgIpc) is 1.21. The van der Waals surface area contributed by atoms with Gasteiger partial charge in [0.25, 0.3) is 0 Å². The summed E-state index contributed by atoms with van der Waals surface area (Å²) in [5.41, 5.74) is 0. The minimum atomic E-state index is -1.63. The van der Waals surface area contributed by atoms with Gasteiger partial charge in [-0.3, -0.25) is 9.59 Å². The summed E-state index contributed by atoms with van der Waals surface area (Å²) in [6.07, 6.45) is 117. The van der Waals surface area contributed by atoms with Gasteiger partial charge in [-0.15, -0.1) is 0 Å². The Morgan fingerprint density at radius 1 is 0.297 bits per heavy atom. The Morgan fingerprint density at radius 2 is 0.535 bits per heavy atom. The topological polar surface area (TPSA) is 111 Å². The van der Waals surface area contributed by atoms with Gasteiger partial charge in [0, 0.05) is 12.8 Å². The maximum absolute atomic E-state index is 13.0. The van der Waals surface area contributed by atoms with Crippen molar-refractivity contribution < 1.29 is 42.9 Å². The Kier molecular flexibility index (Phi) is 76.5. The number of quaternary nitrogens is 1. The zero-order valence-corrected chi connectivity index (χ0v) is 66.0. The van der Waals surface area contributed by atoms with Crippen LogP contribution >= 0.6 is 0 Å². The number of esters is 2. The van der Waals surface area contributed by atoms with E-state index in [9.17, 15) is 19.5 Å². The third-order valence-electron chi connectivity index (χ3n) is 17.8. The number of aliphatic carboxylic acids is 1. The van der Waals surface area contributed by atoms with Gasteiger partial charge >= 0.3 is 11.9 Å². The van der Waals surface area contributed by atoms with Crippen molar-refractivity contribution in [1.82, 2.24) is 0 Å². The summed E-state index contributed by atoms with van der Waals surface area (Å²) in [7, 11) is 5.94. The van der Waals surface area contributed by atoms with E-state index in [1.807, 2.05) is 21.1 Å². The van der Waals surface area contributed by atoms with Gasteiger partial charge in [-0.1, -0.05) is 371 Å². The van der Waals surface area contributed by atoms with E-state index in [1.54, 1.807) is 0 Å². The molecule has 9 heteroatoms. The maximum Gasteiger partial charge on any atom is 0.306 e. The Bertz CT molecular complexity index is 2230. The summed E-state index contributed by atoms with van der Waals surface area (Å²) in [5.74, 6) is -2.27. The molecule has 0 aromatic rings. The van der Waals surface area contributed by atoms with Crippen molar-refractivity contribution in [3.05, 3.63) is 158 Å². The van der Waals surface area contributed by atoms with Crippen molar-refractivity contribution in [2.75, 3.05) is 47.5 Å². The van der Waals surface area contributed by atoms with Gasteiger partial charge in [0.1, 0.15) is 13.2 Å². The van der Waals surface area contributed by atoms with Crippen molar-refractivity contribution in [1.29, 1.82) is 0 Å². The van der Waals surface area contributed by atoms with Gasteiger partial charge in [0.2, 0.25) is 0 Å². The molecule has 0 bridgehead atoms. The molecule has 0 saturated carbocycles. The number of allylic oxidation sites excluding steroid dienone is 26. The van der Waals surface area contributed by atoms with Crippen molar-refractivity contribution in [2.24, 2.45) is 0 Å². The summed E-state index contributed by atoms with van der Waals surface area (Å²) >= 11 is 0. The minimum Gasteiger partial charge on any atom is -0.545 e. The van der Waals surface area contributed by atoms with Crippen LogP contribution in [0.4, 0.5) is 0 Å². The summed E-state index contributed by atoms with van der Waals surface area (Å²) in [5, 5.41) is 11.9. The van der Waals surface area contributed by atoms with Crippen LogP contribution in [0.25, 0.3) is 0 Å². The van der Waals surface area contributed by atoms with Crippen LogP contribution in [0.3, 0.4) is 0 Å². The van der Waals surface area contributed by atoms with Crippen LogP contribution in [-0.4, -0.2) is 82.3 Å². The second-order valence-corrected chi connectivity index (χ2v) is 28.7. The van der Waals surface area contributed by atoms with Crippen molar-refractivity contribution in [3.8, 4) is 0 Å². The van der Waals surface area contributed by atoms with E-state index >= 15 is 0 Å². The molecule has 576 valence electrons. The fraction of sp³-hybridized carbons (Fsp3) is 0.685. The van der Waals surface area contributed by atoms with Crippen LogP contribution in [0.15, 0.2) is 158 Å². The molecule has 0 aliphatic rings. The van der Waals surface area contributed by atoms with E-state index in [4.69, 9.17) is 18.9 Å². The number of unbranched alkanes of at least 4 members (excludes halogenated alkanes) is 35. The van der Waals surface area contributed by atoms with Crippen LogP contribution < -0.4 is 5.11 Å². The van der Waals surface area contributed by atoms with Crippen LogP contribution in [0.1, 0.15) is 348 Å². The largest absolute Gasteiger partial charge is 0.545 e. The van der Waals surface area contributed by atoms with Crippen LogP contribution in [0.5, 0.6) is 0 Å². The predicted octanol–water partition coefficient (Wildman–Crippen LogP) is 25.8. The monoisotopic (exact) mass is 1400 g/mol. The molecule has 0 aliphatic carbocycles. The highest BCUT2D eigenvalue weighted by Crippen LogP contribution is 2.19. The Morgan fingerprint density at radius 3 is 0.792 bits per heavy atom. The molecule has 0 radical (unpaired) electrons. The summed E-state index contributed by atoms with van der Waals surface area (Å²) in [4.78, 5) is 37.7. The molecule has 0 rings (SSSR count). The number of ether oxygens (including phenoxy) is 4. The summed E-state index contributed by atoms with van der Waals surface area (Å²) in [6.45, 7) is 4.55. The fourth-order valence-electron chi connectivity index (χ4n) is 11.5. The minimum absolute atomic E-state index is 0.144. The molecular formula is C92H155NO8. The Hall–Kier alpha value is -5.09. The zero-order valence-electron chi connectivity index (χ0n) is 66.0. The van der Waals surface area contributed by atoms with Gasteiger partial charge in [0.05, 0.1) is 40.3 Å². The molecule has 0 aromatic heterocycles. The average molecular weight is 1400 g/mol. The first-order valence-electron chi connectivity index (χ1n) is 41.6. The maximum atomic E-state index is 13.0. The third kappa shape index (κ3) is 82.1. The lowest BCUT2D eigenvalue weighted by atomic mass is 10.0. The molecule has 0 fully saturated rings. The predicted molar refractivity (Wildman–Crippen MR) is 435 cm³/mol. The first-order valence-corrected chi connectivity index (χ1v) is 41.6. The zero-order chi connectivity index (χ0) is 73.2. The number of hydrogen-bond acceptors (Lipinski definition) is 8. The van der Waals surface area contributed by atoms with E-state index in [0.29, 0.717) is 17.4 Å². The van der Waals surface area contributed by atoms with Crippen LogP contribution in [0.2, 0.25) is 0 Å².